The van der Waals surface area contributed by atoms with Crippen LogP contribution in [0.25, 0.3) is 11.0 Å². The number of piperidine rings is 1. The van der Waals surface area contributed by atoms with Crippen LogP contribution in [0.2, 0.25) is 0 Å². The Morgan fingerprint density at radius 3 is 2.76 bits per heavy atom. The molecule has 0 aliphatic carbocycles. The second kappa shape index (κ2) is 9.40. The summed E-state index contributed by atoms with van der Waals surface area (Å²) >= 11 is 0. The zero-order chi connectivity index (χ0) is 22.8. The van der Waals surface area contributed by atoms with Gasteiger partial charge in [-0.15, -0.1) is 0 Å². The molecule has 5 rings (SSSR count). The van der Waals surface area contributed by atoms with Crippen LogP contribution in [0.3, 0.4) is 0 Å². The Balaban J connectivity index is 1.43. The fourth-order valence-electron chi connectivity index (χ4n) is 5.02. The molecule has 0 radical (unpaired) electrons. The van der Waals surface area contributed by atoms with E-state index in [1.165, 1.54) is 6.42 Å². The summed E-state index contributed by atoms with van der Waals surface area (Å²) in [4.78, 5) is 30.1. The lowest BCUT2D eigenvalue weighted by atomic mass is 9.98. The van der Waals surface area contributed by atoms with E-state index in [-0.39, 0.29) is 5.91 Å². The fraction of sp³-hybridized carbons (Fsp3) is 0.407. The maximum Gasteiger partial charge on any atom is 0.360 e. The molecule has 0 bridgehead atoms. The molecule has 1 amide bonds. The van der Waals surface area contributed by atoms with E-state index in [1.54, 1.807) is 11.0 Å². The van der Waals surface area contributed by atoms with Gasteiger partial charge in [0.05, 0.1) is 6.54 Å². The topological polar surface area (TPSA) is 63.0 Å². The molecule has 1 atom stereocenters. The van der Waals surface area contributed by atoms with Gasteiger partial charge in [0.15, 0.2) is 0 Å². The maximum absolute atomic E-state index is 13.3. The van der Waals surface area contributed by atoms with E-state index >= 15 is 0 Å². The first-order valence-electron chi connectivity index (χ1n) is 11.9. The molecule has 0 unspecified atom stereocenters. The number of carbonyl (C=O) groups is 1. The number of likely N-dealkylation sites (tertiary alicyclic amines) is 1. The maximum atomic E-state index is 13.3. The molecule has 2 aliphatic heterocycles. The second-order valence-electron chi connectivity index (χ2n) is 9.11. The van der Waals surface area contributed by atoms with Crippen molar-refractivity contribution in [3.05, 3.63) is 70.1 Å². The van der Waals surface area contributed by atoms with Crippen LogP contribution in [-0.4, -0.2) is 36.5 Å². The zero-order valence-corrected chi connectivity index (χ0v) is 19.1. The highest BCUT2D eigenvalue weighted by Crippen LogP contribution is 2.33. The number of benzene rings is 2. The van der Waals surface area contributed by atoms with Crippen LogP contribution in [-0.2, 0) is 17.8 Å². The third-order valence-corrected chi connectivity index (χ3v) is 6.86. The summed E-state index contributed by atoms with van der Waals surface area (Å²) in [5.74, 6) is 0.695. The van der Waals surface area contributed by atoms with Crippen LogP contribution >= 0.6 is 0 Å². The highest BCUT2D eigenvalue weighted by molar-refractivity contribution is 5.98. The van der Waals surface area contributed by atoms with Crippen molar-refractivity contribution in [1.29, 1.82) is 0 Å². The Bertz CT molecular complexity index is 1200. The van der Waals surface area contributed by atoms with Crippen molar-refractivity contribution in [1.82, 2.24) is 4.90 Å². The number of nitrogens with zero attached hydrogens (tertiary/aromatic N) is 2. The predicted octanol–water partition coefficient (Wildman–Crippen LogP) is 4.53. The molecule has 0 spiro atoms. The average Bonchev–Trinajstić information content (AvgIpc) is 2.84. The summed E-state index contributed by atoms with van der Waals surface area (Å²) in [7, 11) is 0. The van der Waals surface area contributed by atoms with Crippen molar-refractivity contribution in [2.45, 2.75) is 51.7 Å². The van der Waals surface area contributed by atoms with Gasteiger partial charge in [-0.25, -0.2) is 4.79 Å². The molecule has 2 aliphatic rings. The number of anilines is 1. The highest BCUT2D eigenvalue weighted by Gasteiger charge is 2.30. The number of rotatable bonds is 5. The van der Waals surface area contributed by atoms with Crippen molar-refractivity contribution < 1.29 is 13.9 Å². The summed E-state index contributed by atoms with van der Waals surface area (Å²) in [6, 6.07) is 15.9. The molecule has 0 N–H and O–H groups in total. The fourth-order valence-corrected chi connectivity index (χ4v) is 5.02. The summed E-state index contributed by atoms with van der Waals surface area (Å²) in [5.41, 5.74) is 2.48. The molecule has 2 aromatic carbocycles. The Kier molecular flexibility index (Phi) is 6.18. The molecule has 6 heteroatoms. The number of amides is 1. The minimum absolute atomic E-state index is 0.0205. The van der Waals surface area contributed by atoms with Crippen molar-refractivity contribution in [2.24, 2.45) is 0 Å². The molecule has 1 saturated heterocycles. The van der Waals surface area contributed by atoms with E-state index < -0.39 is 5.63 Å². The van der Waals surface area contributed by atoms with Crippen molar-refractivity contribution >= 4 is 22.6 Å². The zero-order valence-electron chi connectivity index (χ0n) is 19.1. The SMILES string of the molecule is C[C@@H]1CCCCN1CC(=O)N1CCCc2c1c(=O)oc1ccc(OCc3ccccc3)cc21. The van der Waals surface area contributed by atoms with E-state index in [0.717, 1.165) is 48.7 Å². The lowest BCUT2D eigenvalue weighted by Crippen LogP contribution is -2.48. The van der Waals surface area contributed by atoms with Gasteiger partial charge in [-0.3, -0.25) is 9.69 Å². The first kappa shape index (κ1) is 21.7. The van der Waals surface area contributed by atoms with Crippen molar-refractivity contribution in [2.75, 3.05) is 24.5 Å². The molecular formula is C27H30N2O4. The van der Waals surface area contributed by atoms with Gasteiger partial charge in [0.1, 0.15) is 23.6 Å². The third kappa shape index (κ3) is 4.53. The Morgan fingerprint density at radius 2 is 1.94 bits per heavy atom. The molecule has 6 nitrogen and oxygen atoms in total. The first-order valence-corrected chi connectivity index (χ1v) is 11.9. The summed E-state index contributed by atoms with van der Waals surface area (Å²) in [6.45, 7) is 4.47. The average molecular weight is 447 g/mol. The van der Waals surface area contributed by atoms with Gasteiger partial charge in [0.2, 0.25) is 5.91 Å². The van der Waals surface area contributed by atoms with Crippen LogP contribution in [0.15, 0.2) is 57.7 Å². The smallest absolute Gasteiger partial charge is 0.360 e. The molecule has 3 aromatic rings. The standard InChI is InChI=1S/C27H30N2O4/c1-19-8-5-6-14-28(19)17-25(30)29-15-7-11-22-23-16-21(32-18-20-9-3-2-4-10-20)12-13-24(23)33-27(31)26(22)29/h2-4,9-10,12-13,16,19H,5-8,11,14-15,17-18H2,1H3/t19-/m1/s1. The van der Waals surface area contributed by atoms with Gasteiger partial charge in [0.25, 0.3) is 0 Å². The monoisotopic (exact) mass is 446 g/mol. The first-order chi connectivity index (χ1) is 16.1. The number of aryl methyl sites for hydroxylation is 1. The molecular weight excluding hydrogens is 416 g/mol. The third-order valence-electron chi connectivity index (χ3n) is 6.86. The Labute approximate surface area is 193 Å². The van der Waals surface area contributed by atoms with Gasteiger partial charge >= 0.3 is 5.63 Å². The lowest BCUT2D eigenvalue weighted by Gasteiger charge is -2.35. The Hall–Kier alpha value is -3.12. The number of ether oxygens (including phenoxy) is 1. The van der Waals surface area contributed by atoms with Gasteiger partial charge in [-0.05, 0) is 68.5 Å². The minimum Gasteiger partial charge on any atom is -0.489 e. The van der Waals surface area contributed by atoms with Crippen LogP contribution in [0.5, 0.6) is 5.75 Å². The minimum atomic E-state index is -0.435. The highest BCUT2D eigenvalue weighted by atomic mass is 16.5. The van der Waals surface area contributed by atoms with Gasteiger partial charge in [-0.1, -0.05) is 36.8 Å². The summed E-state index contributed by atoms with van der Waals surface area (Å²) in [5, 5.41) is 0.846. The molecule has 33 heavy (non-hydrogen) atoms. The quantitative estimate of drug-likeness (QED) is 0.539. The normalized spacial score (nSPS) is 18.8. The number of carbonyl (C=O) groups excluding carboxylic acids is 1. The van der Waals surface area contributed by atoms with E-state index in [1.807, 2.05) is 42.5 Å². The van der Waals surface area contributed by atoms with E-state index in [0.29, 0.717) is 42.8 Å². The summed E-state index contributed by atoms with van der Waals surface area (Å²) < 4.78 is 11.7. The van der Waals surface area contributed by atoms with Gasteiger partial charge in [0, 0.05) is 18.0 Å². The van der Waals surface area contributed by atoms with Gasteiger partial charge < -0.3 is 14.1 Å². The van der Waals surface area contributed by atoms with Crippen LogP contribution in [0.1, 0.15) is 43.7 Å². The van der Waals surface area contributed by atoms with E-state index in [4.69, 9.17) is 9.15 Å². The predicted molar refractivity (Wildman–Crippen MR) is 129 cm³/mol. The van der Waals surface area contributed by atoms with Crippen molar-refractivity contribution in [3.63, 3.8) is 0 Å². The molecule has 1 fully saturated rings. The molecule has 172 valence electrons. The largest absolute Gasteiger partial charge is 0.489 e. The number of hydrogen-bond donors (Lipinski definition) is 0. The van der Waals surface area contributed by atoms with Crippen LogP contribution in [0.4, 0.5) is 5.69 Å². The molecule has 3 heterocycles. The van der Waals surface area contributed by atoms with Crippen LogP contribution < -0.4 is 15.3 Å². The number of hydrogen-bond acceptors (Lipinski definition) is 5. The van der Waals surface area contributed by atoms with Crippen molar-refractivity contribution in [3.8, 4) is 5.75 Å². The lowest BCUT2D eigenvalue weighted by molar-refractivity contribution is -0.120. The van der Waals surface area contributed by atoms with Gasteiger partial charge in [-0.2, -0.15) is 0 Å². The second-order valence-corrected chi connectivity index (χ2v) is 9.11. The Morgan fingerprint density at radius 1 is 1.09 bits per heavy atom. The molecule has 1 aromatic heterocycles. The van der Waals surface area contributed by atoms with E-state index in [9.17, 15) is 9.59 Å². The van der Waals surface area contributed by atoms with E-state index in [2.05, 4.69) is 11.8 Å². The molecule has 0 saturated carbocycles. The number of fused-ring (bicyclic) bond motifs is 3. The summed E-state index contributed by atoms with van der Waals surface area (Å²) in [6.07, 6.45) is 5.00. The van der Waals surface area contributed by atoms with Crippen LogP contribution in [0, 0.1) is 0 Å².